The SMILES string of the molecule is CCN1CCN(C2CN(Cc3n[nH]c4c3CCCC4)C2)CC1. The minimum atomic E-state index is 0.786. The Balaban J connectivity index is 1.27. The molecule has 1 aromatic heterocycles. The molecule has 0 saturated carbocycles. The van der Waals surface area contributed by atoms with Crippen molar-refractivity contribution < 1.29 is 0 Å². The fourth-order valence-corrected chi connectivity index (χ4v) is 4.24. The lowest BCUT2D eigenvalue weighted by Gasteiger charge is -2.48. The molecule has 0 aromatic carbocycles. The van der Waals surface area contributed by atoms with E-state index in [4.69, 9.17) is 0 Å². The number of aromatic amines is 1. The van der Waals surface area contributed by atoms with E-state index in [-0.39, 0.29) is 0 Å². The number of likely N-dealkylation sites (tertiary alicyclic amines) is 1. The summed E-state index contributed by atoms with van der Waals surface area (Å²) in [6.45, 7) is 12.0. The highest BCUT2D eigenvalue weighted by Crippen LogP contribution is 2.25. The smallest absolute Gasteiger partial charge is 0.0797 e. The van der Waals surface area contributed by atoms with Crippen LogP contribution < -0.4 is 0 Å². The number of fused-ring (bicyclic) bond motifs is 1. The Kier molecular flexibility index (Phi) is 4.20. The van der Waals surface area contributed by atoms with Crippen molar-refractivity contribution in [2.24, 2.45) is 0 Å². The molecule has 1 aliphatic carbocycles. The number of hydrogen-bond donors (Lipinski definition) is 1. The fraction of sp³-hybridized carbons (Fsp3) is 0.824. The molecule has 5 heteroatoms. The number of rotatable bonds is 4. The van der Waals surface area contributed by atoms with Crippen LogP contribution in [0.25, 0.3) is 0 Å². The second kappa shape index (κ2) is 6.30. The van der Waals surface area contributed by atoms with Gasteiger partial charge in [0.2, 0.25) is 0 Å². The first-order chi connectivity index (χ1) is 10.8. The molecule has 2 fully saturated rings. The summed E-state index contributed by atoms with van der Waals surface area (Å²) in [7, 11) is 0. The van der Waals surface area contributed by atoms with Crippen molar-refractivity contribution in [3.63, 3.8) is 0 Å². The van der Waals surface area contributed by atoms with Crippen molar-refractivity contribution in [2.75, 3.05) is 45.8 Å². The molecule has 3 aliphatic rings. The van der Waals surface area contributed by atoms with Crippen LogP contribution in [0.5, 0.6) is 0 Å². The Morgan fingerprint density at radius 2 is 1.82 bits per heavy atom. The Labute approximate surface area is 133 Å². The Bertz CT molecular complexity index is 497. The summed E-state index contributed by atoms with van der Waals surface area (Å²) in [6, 6.07) is 0.786. The predicted molar refractivity (Wildman–Crippen MR) is 88.0 cm³/mol. The second-order valence-electron chi connectivity index (χ2n) is 7.15. The number of nitrogens with zero attached hydrogens (tertiary/aromatic N) is 4. The van der Waals surface area contributed by atoms with Gasteiger partial charge in [-0.2, -0.15) is 5.10 Å². The second-order valence-corrected chi connectivity index (χ2v) is 7.15. The van der Waals surface area contributed by atoms with E-state index in [1.165, 1.54) is 88.4 Å². The molecule has 1 N–H and O–H groups in total. The van der Waals surface area contributed by atoms with Crippen LogP contribution in [0.4, 0.5) is 0 Å². The molecule has 1 aromatic rings. The van der Waals surface area contributed by atoms with Gasteiger partial charge >= 0.3 is 0 Å². The third-order valence-electron chi connectivity index (χ3n) is 5.82. The number of likely N-dealkylation sites (N-methyl/N-ethyl adjacent to an activating group) is 1. The maximum absolute atomic E-state index is 4.59. The Morgan fingerprint density at radius 1 is 1.05 bits per heavy atom. The maximum Gasteiger partial charge on any atom is 0.0797 e. The van der Waals surface area contributed by atoms with Gasteiger partial charge in [-0.25, -0.2) is 0 Å². The monoisotopic (exact) mass is 303 g/mol. The summed E-state index contributed by atoms with van der Waals surface area (Å²) < 4.78 is 0. The molecule has 0 atom stereocenters. The first kappa shape index (κ1) is 14.7. The average Bonchev–Trinajstić information content (AvgIpc) is 2.94. The zero-order valence-electron chi connectivity index (χ0n) is 13.9. The van der Waals surface area contributed by atoms with Gasteiger partial charge in [-0.1, -0.05) is 6.92 Å². The number of hydrogen-bond acceptors (Lipinski definition) is 4. The normalized spacial score (nSPS) is 25.1. The molecule has 5 nitrogen and oxygen atoms in total. The van der Waals surface area contributed by atoms with Crippen LogP contribution in [0.2, 0.25) is 0 Å². The minimum absolute atomic E-state index is 0.786. The van der Waals surface area contributed by atoms with Crippen molar-refractivity contribution in [2.45, 2.75) is 45.2 Å². The van der Waals surface area contributed by atoms with Gasteiger partial charge in [-0.05, 0) is 37.8 Å². The first-order valence-corrected chi connectivity index (χ1v) is 9.07. The van der Waals surface area contributed by atoms with Gasteiger partial charge in [0.15, 0.2) is 0 Å². The number of aryl methyl sites for hydroxylation is 1. The van der Waals surface area contributed by atoms with Crippen molar-refractivity contribution >= 4 is 0 Å². The molecule has 0 unspecified atom stereocenters. The fourth-order valence-electron chi connectivity index (χ4n) is 4.24. The van der Waals surface area contributed by atoms with Crippen molar-refractivity contribution in [1.82, 2.24) is 24.9 Å². The highest BCUT2D eigenvalue weighted by atomic mass is 15.4. The van der Waals surface area contributed by atoms with Gasteiger partial charge < -0.3 is 4.90 Å². The van der Waals surface area contributed by atoms with E-state index in [9.17, 15) is 0 Å². The number of nitrogens with one attached hydrogen (secondary N) is 1. The maximum atomic E-state index is 4.59. The summed E-state index contributed by atoms with van der Waals surface area (Å²) in [5.74, 6) is 0. The summed E-state index contributed by atoms with van der Waals surface area (Å²) in [5.41, 5.74) is 4.27. The molecule has 0 radical (unpaired) electrons. The van der Waals surface area contributed by atoms with Crippen LogP contribution in [0.1, 0.15) is 36.7 Å². The van der Waals surface area contributed by atoms with E-state index < -0.39 is 0 Å². The molecule has 0 amide bonds. The van der Waals surface area contributed by atoms with E-state index in [0.717, 1.165) is 12.6 Å². The summed E-state index contributed by atoms with van der Waals surface area (Å²) in [6.07, 6.45) is 5.10. The molecule has 4 rings (SSSR count). The molecule has 22 heavy (non-hydrogen) atoms. The van der Waals surface area contributed by atoms with E-state index in [0.29, 0.717) is 0 Å². The van der Waals surface area contributed by atoms with Crippen LogP contribution in [0.3, 0.4) is 0 Å². The van der Waals surface area contributed by atoms with Gasteiger partial charge in [0.05, 0.1) is 5.69 Å². The van der Waals surface area contributed by atoms with Crippen LogP contribution >= 0.6 is 0 Å². The van der Waals surface area contributed by atoms with Crippen LogP contribution in [-0.2, 0) is 19.4 Å². The summed E-state index contributed by atoms with van der Waals surface area (Å²) in [5, 5.41) is 7.86. The Hall–Kier alpha value is -0.910. The van der Waals surface area contributed by atoms with Crippen LogP contribution in [0.15, 0.2) is 0 Å². The van der Waals surface area contributed by atoms with E-state index in [2.05, 4.69) is 31.8 Å². The lowest BCUT2D eigenvalue weighted by molar-refractivity contribution is 0.00146. The lowest BCUT2D eigenvalue weighted by atomic mass is 9.95. The predicted octanol–water partition coefficient (Wildman–Crippen LogP) is 1.11. The molecular formula is C17H29N5. The van der Waals surface area contributed by atoms with E-state index >= 15 is 0 Å². The quantitative estimate of drug-likeness (QED) is 0.904. The number of aromatic nitrogens is 2. The van der Waals surface area contributed by atoms with Gasteiger partial charge in [0.1, 0.15) is 0 Å². The summed E-state index contributed by atoms with van der Waals surface area (Å²) >= 11 is 0. The van der Waals surface area contributed by atoms with E-state index in [1.807, 2.05) is 0 Å². The van der Waals surface area contributed by atoms with Crippen LogP contribution in [-0.4, -0.2) is 76.8 Å². The van der Waals surface area contributed by atoms with Crippen molar-refractivity contribution in [3.8, 4) is 0 Å². The highest BCUT2D eigenvalue weighted by Gasteiger charge is 2.34. The molecule has 3 heterocycles. The van der Waals surface area contributed by atoms with Gasteiger partial charge in [0, 0.05) is 57.5 Å². The zero-order valence-corrected chi connectivity index (χ0v) is 13.9. The summed E-state index contributed by atoms with van der Waals surface area (Å²) in [4.78, 5) is 7.83. The van der Waals surface area contributed by atoms with Crippen molar-refractivity contribution in [3.05, 3.63) is 17.0 Å². The molecule has 0 spiro atoms. The zero-order chi connectivity index (χ0) is 14.9. The first-order valence-electron chi connectivity index (χ1n) is 9.07. The van der Waals surface area contributed by atoms with Gasteiger partial charge in [0.25, 0.3) is 0 Å². The molecule has 2 aliphatic heterocycles. The average molecular weight is 303 g/mol. The topological polar surface area (TPSA) is 38.4 Å². The Morgan fingerprint density at radius 3 is 2.59 bits per heavy atom. The minimum Gasteiger partial charge on any atom is -0.301 e. The largest absolute Gasteiger partial charge is 0.301 e. The third kappa shape index (κ3) is 2.82. The van der Waals surface area contributed by atoms with Crippen molar-refractivity contribution in [1.29, 1.82) is 0 Å². The number of H-pyrrole nitrogens is 1. The molecule has 2 saturated heterocycles. The van der Waals surface area contributed by atoms with Gasteiger partial charge in [-0.15, -0.1) is 0 Å². The van der Waals surface area contributed by atoms with E-state index in [1.54, 1.807) is 0 Å². The molecular weight excluding hydrogens is 274 g/mol. The van der Waals surface area contributed by atoms with Crippen LogP contribution in [0, 0.1) is 0 Å². The highest BCUT2D eigenvalue weighted by molar-refractivity contribution is 5.27. The third-order valence-corrected chi connectivity index (χ3v) is 5.82. The number of piperazine rings is 1. The standard InChI is InChI=1S/C17H29N5/c1-2-20-7-9-22(10-8-20)14-11-21(12-14)13-17-15-5-3-4-6-16(15)18-19-17/h14H,2-13H2,1H3,(H,18,19). The molecule has 122 valence electrons. The van der Waals surface area contributed by atoms with Gasteiger partial charge in [-0.3, -0.25) is 14.9 Å². The lowest BCUT2D eigenvalue weighted by Crippen LogP contribution is -2.62. The molecule has 0 bridgehead atoms.